The SMILES string of the molecule is O=C(Cc1ccccc1)Nc1cccc(SCC(=O)Nc2cc(C(=O)O)ccc2Cl)c1. The van der Waals surface area contributed by atoms with Crippen molar-refractivity contribution in [2.24, 2.45) is 0 Å². The highest BCUT2D eigenvalue weighted by atomic mass is 35.5. The summed E-state index contributed by atoms with van der Waals surface area (Å²) in [6.07, 6.45) is 0.275. The van der Waals surface area contributed by atoms with Crippen molar-refractivity contribution in [3.8, 4) is 0 Å². The summed E-state index contributed by atoms with van der Waals surface area (Å²) in [4.78, 5) is 36.4. The van der Waals surface area contributed by atoms with E-state index in [4.69, 9.17) is 16.7 Å². The van der Waals surface area contributed by atoms with Gasteiger partial charge in [0, 0.05) is 10.6 Å². The molecule has 0 atom stereocenters. The van der Waals surface area contributed by atoms with Crippen molar-refractivity contribution in [2.45, 2.75) is 11.3 Å². The lowest BCUT2D eigenvalue weighted by Crippen LogP contribution is -2.15. The monoisotopic (exact) mass is 454 g/mol. The van der Waals surface area contributed by atoms with Crippen molar-refractivity contribution in [1.82, 2.24) is 0 Å². The van der Waals surface area contributed by atoms with E-state index in [9.17, 15) is 14.4 Å². The molecule has 0 saturated heterocycles. The van der Waals surface area contributed by atoms with Crippen LogP contribution in [0.15, 0.2) is 77.7 Å². The van der Waals surface area contributed by atoms with Crippen LogP contribution in [0.3, 0.4) is 0 Å². The molecule has 158 valence electrons. The van der Waals surface area contributed by atoms with Crippen LogP contribution in [0.25, 0.3) is 0 Å². The molecule has 0 unspecified atom stereocenters. The zero-order chi connectivity index (χ0) is 22.2. The molecule has 31 heavy (non-hydrogen) atoms. The van der Waals surface area contributed by atoms with Crippen LogP contribution in [0.4, 0.5) is 11.4 Å². The number of aromatic carboxylic acids is 1. The first-order chi connectivity index (χ1) is 14.9. The van der Waals surface area contributed by atoms with Crippen LogP contribution >= 0.6 is 23.4 Å². The standard InChI is InChI=1S/C23H19ClN2O4S/c24-19-10-9-16(23(29)30)12-20(19)26-22(28)14-31-18-8-4-7-17(13-18)25-21(27)11-15-5-2-1-3-6-15/h1-10,12-13H,11,14H2,(H,25,27)(H,26,28)(H,29,30). The minimum atomic E-state index is -1.10. The summed E-state index contributed by atoms with van der Waals surface area (Å²) in [6.45, 7) is 0. The Morgan fingerprint density at radius 2 is 1.65 bits per heavy atom. The molecule has 0 fully saturated rings. The Kier molecular flexibility index (Phi) is 7.70. The van der Waals surface area contributed by atoms with Gasteiger partial charge in [-0.15, -0.1) is 11.8 Å². The van der Waals surface area contributed by atoms with E-state index in [1.807, 2.05) is 36.4 Å². The van der Waals surface area contributed by atoms with Crippen LogP contribution in [-0.2, 0) is 16.0 Å². The van der Waals surface area contributed by atoms with Gasteiger partial charge in [0.15, 0.2) is 0 Å². The number of anilines is 2. The average Bonchev–Trinajstić information content (AvgIpc) is 2.74. The van der Waals surface area contributed by atoms with Crippen LogP contribution in [-0.4, -0.2) is 28.6 Å². The Morgan fingerprint density at radius 1 is 0.871 bits per heavy atom. The lowest BCUT2D eigenvalue weighted by Gasteiger charge is -2.09. The van der Waals surface area contributed by atoms with E-state index >= 15 is 0 Å². The zero-order valence-corrected chi connectivity index (χ0v) is 17.9. The molecule has 3 N–H and O–H groups in total. The summed E-state index contributed by atoms with van der Waals surface area (Å²) in [5.74, 6) is -1.46. The first kappa shape index (κ1) is 22.4. The molecule has 0 saturated carbocycles. The highest BCUT2D eigenvalue weighted by Crippen LogP contribution is 2.25. The zero-order valence-electron chi connectivity index (χ0n) is 16.3. The molecule has 0 aliphatic rings. The van der Waals surface area contributed by atoms with Crippen LogP contribution < -0.4 is 10.6 Å². The lowest BCUT2D eigenvalue weighted by molar-refractivity contribution is -0.115. The Balaban J connectivity index is 1.55. The molecule has 0 spiro atoms. The Labute approximate surface area is 188 Å². The lowest BCUT2D eigenvalue weighted by atomic mass is 10.1. The van der Waals surface area contributed by atoms with Crippen molar-refractivity contribution < 1.29 is 19.5 Å². The molecule has 0 aliphatic heterocycles. The van der Waals surface area contributed by atoms with Gasteiger partial charge in [-0.25, -0.2) is 4.79 Å². The minimum absolute atomic E-state index is 0.0336. The molecule has 3 rings (SSSR count). The van der Waals surface area contributed by atoms with Crippen molar-refractivity contribution in [3.63, 3.8) is 0 Å². The number of thioether (sulfide) groups is 1. The third-order valence-corrected chi connectivity index (χ3v) is 5.51. The molecule has 0 heterocycles. The number of nitrogens with one attached hydrogen (secondary N) is 2. The van der Waals surface area contributed by atoms with Crippen molar-refractivity contribution in [2.75, 3.05) is 16.4 Å². The molecular weight excluding hydrogens is 436 g/mol. The number of hydrogen-bond donors (Lipinski definition) is 3. The fraction of sp³-hybridized carbons (Fsp3) is 0.0870. The number of carboxylic acid groups (broad SMARTS) is 1. The number of benzene rings is 3. The molecule has 0 aliphatic carbocycles. The largest absolute Gasteiger partial charge is 0.478 e. The predicted octanol–water partition coefficient (Wildman–Crippen LogP) is 4.95. The van der Waals surface area contributed by atoms with Gasteiger partial charge in [-0.3, -0.25) is 9.59 Å². The number of halogens is 1. The van der Waals surface area contributed by atoms with Crippen LogP contribution in [0, 0.1) is 0 Å². The second kappa shape index (κ2) is 10.7. The van der Waals surface area contributed by atoms with Crippen LogP contribution in [0.5, 0.6) is 0 Å². The molecule has 3 aromatic rings. The molecule has 0 radical (unpaired) electrons. The fourth-order valence-corrected chi connectivity index (χ4v) is 3.66. The average molecular weight is 455 g/mol. The summed E-state index contributed by atoms with van der Waals surface area (Å²) in [5, 5.41) is 14.8. The van der Waals surface area contributed by atoms with E-state index in [0.717, 1.165) is 10.5 Å². The summed E-state index contributed by atoms with van der Waals surface area (Å²) in [5.41, 5.74) is 1.84. The molecule has 0 aromatic heterocycles. The van der Waals surface area contributed by atoms with Crippen molar-refractivity contribution in [1.29, 1.82) is 0 Å². The molecule has 3 aromatic carbocycles. The van der Waals surface area contributed by atoms with Crippen LogP contribution in [0.1, 0.15) is 15.9 Å². The van der Waals surface area contributed by atoms with Gasteiger partial charge in [0.2, 0.25) is 11.8 Å². The Morgan fingerprint density at radius 3 is 2.39 bits per heavy atom. The van der Waals surface area contributed by atoms with E-state index in [0.29, 0.717) is 5.69 Å². The van der Waals surface area contributed by atoms with E-state index in [2.05, 4.69) is 10.6 Å². The highest BCUT2D eigenvalue weighted by molar-refractivity contribution is 8.00. The molecule has 2 amide bonds. The maximum atomic E-state index is 12.3. The first-order valence-electron chi connectivity index (χ1n) is 9.30. The van der Waals surface area contributed by atoms with E-state index < -0.39 is 5.97 Å². The van der Waals surface area contributed by atoms with Crippen LogP contribution in [0.2, 0.25) is 5.02 Å². The second-order valence-corrected chi connectivity index (χ2v) is 8.03. The predicted molar refractivity (Wildman–Crippen MR) is 123 cm³/mol. The van der Waals surface area contributed by atoms with Gasteiger partial charge in [0.05, 0.1) is 28.4 Å². The van der Waals surface area contributed by atoms with E-state index in [1.54, 1.807) is 18.2 Å². The number of rotatable bonds is 8. The van der Waals surface area contributed by atoms with Gasteiger partial charge in [-0.2, -0.15) is 0 Å². The smallest absolute Gasteiger partial charge is 0.335 e. The third kappa shape index (κ3) is 6.87. The molecule has 0 bridgehead atoms. The van der Waals surface area contributed by atoms with Gasteiger partial charge in [0.25, 0.3) is 0 Å². The summed E-state index contributed by atoms with van der Waals surface area (Å²) >= 11 is 7.32. The maximum Gasteiger partial charge on any atom is 0.335 e. The quantitative estimate of drug-likeness (QED) is 0.418. The molecule has 6 nitrogen and oxygen atoms in total. The number of amides is 2. The molecular formula is C23H19ClN2O4S. The number of hydrogen-bond acceptors (Lipinski definition) is 4. The second-order valence-electron chi connectivity index (χ2n) is 6.58. The summed E-state index contributed by atoms with van der Waals surface area (Å²) in [7, 11) is 0. The number of carboxylic acids is 1. The van der Waals surface area contributed by atoms with E-state index in [1.165, 1.54) is 30.0 Å². The fourth-order valence-electron chi connectivity index (χ4n) is 2.74. The highest BCUT2D eigenvalue weighted by Gasteiger charge is 2.11. The maximum absolute atomic E-state index is 12.3. The van der Waals surface area contributed by atoms with Gasteiger partial charge >= 0.3 is 5.97 Å². The van der Waals surface area contributed by atoms with Gasteiger partial charge in [0.1, 0.15) is 0 Å². The molecule has 8 heteroatoms. The number of carbonyl (C=O) groups excluding carboxylic acids is 2. The van der Waals surface area contributed by atoms with Gasteiger partial charge in [-0.1, -0.05) is 48.0 Å². The normalized spacial score (nSPS) is 10.4. The van der Waals surface area contributed by atoms with E-state index in [-0.39, 0.29) is 40.3 Å². The summed E-state index contributed by atoms with van der Waals surface area (Å²) in [6, 6.07) is 20.8. The van der Waals surface area contributed by atoms with Crippen molar-refractivity contribution >= 4 is 52.5 Å². The third-order valence-electron chi connectivity index (χ3n) is 4.18. The first-order valence-corrected chi connectivity index (χ1v) is 10.7. The van der Waals surface area contributed by atoms with Gasteiger partial charge in [-0.05, 0) is 42.0 Å². The summed E-state index contributed by atoms with van der Waals surface area (Å²) < 4.78 is 0. The van der Waals surface area contributed by atoms with Crippen molar-refractivity contribution in [3.05, 3.63) is 88.9 Å². The minimum Gasteiger partial charge on any atom is -0.478 e. The topological polar surface area (TPSA) is 95.5 Å². The Hall–Kier alpha value is -3.29. The number of carbonyl (C=O) groups is 3. The Bertz CT molecular complexity index is 1110. The van der Waals surface area contributed by atoms with Gasteiger partial charge < -0.3 is 15.7 Å².